The summed E-state index contributed by atoms with van der Waals surface area (Å²) in [5.74, 6) is 0.382. The van der Waals surface area contributed by atoms with Crippen LogP contribution in [0.25, 0.3) is 0 Å². The van der Waals surface area contributed by atoms with Crippen LogP contribution in [-0.4, -0.2) is 23.1 Å². The molecule has 0 radical (unpaired) electrons. The smallest absolute Gasteiger partial charge is 0.237 e. The number of aryl methyl sites for hydroxylation is 1. The van der Waals surface area contributed by atoms with Gasteiger partial charge in [0.2, 0.25) is 5.91 Å². The quantitative estimate of drug-likeness (QED) is 0.787. The van der Waals surface area contributed by atoms with Crippen molar-refractivity contribution in [3.8, 4) is 5.75 Å². The van der Waals surface area contributed by atoms with Gasteiger partial charge in [0, 0.05) is 12.1 Å². The molecule has 20 heavy (non-hydrogen) atoms. The zero-order valence-corrected chi connectivity index (χ0v) is 11.9. The molecule has 2 aliphatic rings. The lowest BCUT2D eigenvalue weighted by atomic mass is 9.87. The Hall–Kier alpha value is -1.55. The molecule has 2 aliphatic carbocycles. The number of aromatic hydroxyl groups is 1. The maximum absolute atomic E-state index is 12.0. The van der Waals surface area contributed by atoms with E-state index >= 15 is 0 Å². The summed E-state index contributed by atoms with van der Waals surface area (Å²) in [5.41, 5.74) is 2.42. The van der Waals surface area contributed by atoms with Crippen LogP contribution in [0.15, 0.2) is 18.2 Å². The molecule has 0 bridgehead atoms. The highest BCUT2D eigenvalue weighted by Gasteiger charge is 2.28. The van der Waals surface area contributed by atoms with Crippen LogP contribution in [0.5, 0.6) is 5.75 Å². The van der Waals surface area contributed by atoms with Gasteiger partial charge in [-0.1, -0.05) is 6.07 Å². The monoisotopic (exact) mass is 274 g/mol. The molecule has 4 heteroatoms. The van der Waals surface area contributed by atoms with Crippen LogP contribution in [0.1, 0.15) is 49.8 Å². The maximum Gasteiger partial charge on any atom is 0.237 e. The fourth-order valence-corrected chi connectivity index (χ4v) is 2.89. The third-order valence-electron chi connectivity index (χ3n) is 4.21. The molecule has 2 atom stereocenters. The van der Waals surface area contributed by atoms with E-state index in [9.17, 15) is 9.90 Å². The summed E-state index contributed by atoms with van der Waals surface area (Å²) in [5, 5.41) is 16.1. The molecular formula is C16H22N2O2. The Morgan fingerprint density at radius 2 is 2.15 bits per heavy atom. The first kappa shape index (κ1) is 13.4. The highest BCUT2D eigenvalue weighted by Crippen LogP contribution is 2.32. The van der Waals surface area contributed by atoms with Crippen molar-refractivity contribution in [1.82, 2.24) is 10.6 Å². The van der Waals surface area contributed by atoms with E-state index < -0.39 is 0 Å². The Bertz CT molecular complexity index is 511. The van der Waals surface area contributed by atoms with Gasteiger partial charge < -0.3 is 10.4 Å². The van der Waals surface area contributed by atoms with Gasteiger partial charge in [-0.05, 0) is 62.3 Å². The number of phenolic OH excluding ortho intramolecular Hbond substituents is 1. The minimum Gasteiger partial charge on any atom is -0.508 e. The topological polar surface area (TPSA) is 61.4 Å². The van der Waals surface area contributed by atoms with Crippen LogP contribution in [0.4, 0.5) is 0 Å². The predicted molar refractivity (Wildman–Crippen MR) is 77.5 cm³/mol. The Balaban J connectivity index is 1.68. The second-order valence-electron chi connectivity index (χ2n) is 6.00. The van der Waals surface area contributed by atoms with Crippen LogP contribution in [0.3, 0.4) is 0 Å². The van der Waals surface area contributed by atoms with Gasteiger partial charge in [0.05, 0.1) is 6.04 Å². The van der Waals surface area contributed by atoms with Crippen LogP contribution in [-0.2, 0) is 11.2 Å². The molecule has 1 aromatic carbocycles. The maximum atomic E-state index is 12.0. The lowest BCUT2D eigenvalue weighted by molar-refractivity contribution is -0.123. The number of carbonyl (C=O) groups is 1. The Labute approximate surface area is 119 Å². The predicted octanol–water partition coefficient (Wildman–Crippen LogP) is 2.03. The Morgan fingerprint density at radius 1 is 1.35 bits per heavy atom. The third kappa shape index (κ3) is 2.96. The largest absolute Gasteiger partial charge is 0.508 e. The number of carbonyl (C=O) groups excluding carboxylic acids is 1. The van der Waals surface area contributed by atoms with Gasteiger partial charge in [-0.3, -0.25) is 10.1 Å². The highest BCUT2D eigenvalue weighted by atomic mass is 16.3. The lowest BCUT2D eigenvalue weighted by Crippen LogP contribution is -2.45. The van der Waals surface area contributed by atoms with Gasteiger partial charge in [-0.25, -0.2) is 0 Å². The average molecular weight is 274 g/mol. The summed E-state index contributed by atoms with van der Waals surface area (Å²) >= 11 is 0. The summed E-state index contributed by atoms with van der Waals surface area (Å²) < 4.78 is 0. The third-order valence-corrected chi connectivity index (χ3v) is 4.21. The van der Waals surface area contributed by atoms with E-state index in [0.717, 1.165) is 37.7 Å². The van der Waals surface area contributed by atoms with Crippen molar-refractivity contribution in [1.29, 1.82) is 0 Å². The van der Waals surface area contributed by atoms with E-state index in [1.807, 2.05) is 19.1 Å². The van der Waals surface area contributed by atoms with E-state index in [1.54, 1.807) is 6.07 Å². The number of hydrogen-bond acceptors (Lipinski definition) is 3. The molecule has 3 N–H and O–H groups in total. The SMILES string of the molecule is CC(NC1CCCc2ccc(O)cc21)C(=O)NC1CC1. The van der Waals surface area contributed by atoms with Gasteiger partial charge in [0.15, 0.2) is 0 Å². The molecule has 0 spiro atoms. The fourth-order valence-electron chi connectivity index (χ4n) is 2.89. The first-order valence-electron chi connectivity index (χ1n) is 7.51. The van der Waals surface area contributed by atoms with Crippen molar-refractivity contribution in [2.24, 2.45) is 0 Å². The molecule has 1 aromatic rings. The zero-order valence-electron chi connectivity index (χ0n) is 11.9. The normalized spacial score (nSPS) is 22.9. The fraction of sp³-hybridized carbons (Fsp3) is 0.562. The first-order chi connectivity index (χ1) is 9.63. The number of amides is 1. The van der Waals surface area contributed by atoms with Gasteiger partial charge in [-0.2, -0.15) is 0 Å². The lowest BCUT2D eigenvalue weighted by Gasteiger charge is -2.29. The van der Waals surface area contributed by atoms with Crippen molar-refractivity contribution in [2.45, 2.75) is 57.2 Å². The second kappa shape index (κ2) is 5.44. The van der Waals surface area contributed by atoms with Crippen LogP contribution in [0, 0.1) is 0 Å². The number of phenols is 1. The summed E-state index contributed by atoms with van der Waals surface area (Å²) in [6.45, 7) is 1.91. The molecule has 0 saturated heterocycles. The molecule has 0 aliphatic heterocycles. The molecule has 3 rings (SSSR count). The van der Waals surface area contributed by atoms with E-state index in [0.29, 0.717) is 11.8 Å². The molecule has 1 fully saturated rings. The molecule has 0 aromatic heterocycles. The van der Waals surface area contributed by atoms with E-state index in [-0.39, 0.29) is 18.0 Å². The Kier molecular flexibility index (Phi) is 3.66. The number of fused-ring (bicyclic) bond motifs is 1. The average Bonchev–Trinajstić information content (AvgIpc) is 3.23. The van der Waals surface area contributed by atoms with Gasteiger partial charge in [0.1, 0.15) is 5.75 Å². The number of nitrogens with one attached hydrogen (secondary N) is 2. The highest BCUT2D eigenvalue weighted by molar-refractivity contribution is 5.81. The van der Waals surface area contributed by atoms with E-state index in [4.69, 9.17) is 0 Å². The van der Waals surface area contributed by atoms with Crippen molar-refractivity contribution >= 4 is 5.91 Å². The number of benzene rings is 1. The minimum atomic E-state index is -0.200. The van der Waals surface area contributed by atoms with Crippen molar-refractivity contribution in [3.05, 3.63) is 29.3 Å². The summed E-state index contributed by atoms with van der Waals surface area (Å²) in [6.07, 6.45) is 5.40. The number of hydrogen-bond donors (Lipinski definition) is 3. The van der Waals surface area contributed by atoms with Gasteiger partial charge in [-0.15, -0.1) is 0 Å². The molecule has 4 nitrogen and oxygen atoms in total. The zero-order chi connectivity index (χ0) is 14.1. The second-order valence-corrected chi connectivity index (χ2v) is 6.00. The summed E-state index contributed by atoms with van der Waals surface area (Å²) in [6, 6.07) is 5.92. The molecule has 2 unspecified atom stereocenters. The summed E-state index contributed by atoms with van der Waals surface area (Å²) in [4.78, 5) is 12.0. The molecule has 0 heterocycles. The van der Waals surface area contributed by atoms with E-state index in [2.05, 4.69) is 10.6 Å². The molecule has 1 saturated carbocycles. The van der Waals surface area contributed by atoms with Crippen molar-refractivity contribution in [2.75, 3.05) is 0 Å². The van der Waals surface area contributed by atoms with Crippen LogP contribution >= 0.6 is 0 Å². The van der Waals surface area contributed by atoms with Gasteiger partial charge in [0.25, 0.3) is 0 Å². The Morgan fingerprint density at radius 3 is 2.90 bits per heavy atom. The first-order valence-corrected chi connectivity index (χ1v) is 7.51. The standard InChI is InChI=1S/C16H22N2O2/c1-10(16(20)18-12-6-7-12)17-15-4-2-3-11-5-8-13(19)9-14(11)15/h5,8-10,12,15,17,19H,2-4,6-7H2,1H3,(H,18,20). The minimum absolute atomic E-state index is 0.0831. The summed E-state index contributed by atoms with van der Waals surface area (Å²) in [7, 11) is 0. The van der Waals surface area contributed by atoms with Gasteiger partial charge >= 0.3 is 0 Å². The number of rotatable bonds is 4. The van der Waals surface area contributed by atoms with Crippen molar-refractivity contribution < 1.29 is 9.90 Å². The molecule has 108 valence electrons. The molecule has 1 amide bonds. The molecular weight excluding hydrogens is 252 g/mol. The van der Waals surface area contributed by atoms with Crippen LogP contribution < -0.4 is 10.6 Å². The van der Waals surface area contributed by atoms with Crippen molar-refractivity contribution in [3.63, 3.8) is 0 Å². The van der Waals surface area contributed by atoms with E-state index in [1.165, 1.54) is 5.56 Å². The van der Waals surface area contributed by atoms with Crippen LogP contribution in [0.2, 0.25) is 0 Å².